The number of nitrogens with one attached hydrogen (secondary N) is 1. The van der Waals surface area contributed by atoms with Crippen molar-refractivity contribution in [3.63, 3.8) is 0 Å². The Morgan fingerprint density at radius 1 is 1.64 bits per heavy atom. The summed E-state index contributed by atoms with van der Waals surface area (Å²) in [6.45, 7) is 0. The third kappa shape index (κ3) is 1.37. The molecule has 0 saturated heterocycles. The van der Waals surface area contributed by atoms with Gasteiger partial charge in [-0.1, -0.05) is 12.2 Å². The third-order valence-electron chi connectivity index (χ3n) is 1.81. The van der Waals surface area contributed by atoms with E-state index >= 15 is 0 Å². The second kappa shape index (κ2) is 2.68. The molecular formula is C7H7BrN2S. The standard InChI is InChI=1S/C7H7BrN2S/c8-5-6(4-1-2-4)9-3-10-7(5)11/h3-4H,1-2H2,(H,9,10,11). The smallest absolute Gasteiger partial charge is 0.143 e. The summed E-state index contributed by atoms with van der Waals surface area (Å²) in [5.41, 5.74) is 1.21. The zero-order valence-electron chi connectivity index (χ0n) is 5.80. The van der Waals surface area contributed by atoms with Crippen molar-refractivity contribution < 1.29 is 0 Å². The maximum atomic E-state index is 5.01. The van der Waals surface area contributed by atoms with Crippen LogP contribution in [0.5, 0.6) is 0 Å². The van der Waals surface area contributed by atoms with Gasteiger partial charge in [-0.05, 0) is 28.8 Å². The molecule has 11 heavy (non-hydrogen) atoms. The van der Waals surface area contributed by atoms with Crippen molar-refractivity contribution in [2.45, 2.75) is 18.8 Å². The summed E-state index contributed by atoms with van der Waals surface area (Å²) in [5, 5.41) is 0. The van der Waals surface area contributed by atoms with E-state index in [2.05, 4.69) is 25.9 Å². The van der Waals surface area contributed by atoms with Crippen molar-refractivity contribution in [1.82, 2.24) is 9.97 Å². The van der Waals surface area contributed by atoms with Crippen LogP contribution in [-0.2, 0) is 0 Å². The Kier molecular flexibility index (Phi) is 1.81. The van der Waals surface area contributed by atoms with E-state index in [9.17, 15) is 0 Å². The molecule has 1 saturated carbocycles. The van der Waals surface area contributed by atoms with Crippen LogP contribution in [0.4, 0.5) is 0 Å². The molecule has 0 radical (unpaired) electrons. The molecule has 2 rings (SSSR count). The van der Waals surface area contributed by atoms with Crippen LogP contribution in [0.1, 0.15) is 24.5 Å². The molecule has 0 atom stereocenters. The lowest BCUT2D eigenvalue weighted by molar-refractivity contribution is 0.965. The molecule has 0 bridgehead atoms. The molecule has 58 valence electrons. The van der Waals surface area contributed by atoms with Gasteiger partial charge in [-0.15, -0.1) is 0 Å². The normalized spacial score (nSPS) is 16.8. The van der Waals surface area contributed by atoms with Gasteiger partial charge >= 0.3 is 0 Å². The molecule has 0 unspecified atom stereocenters. The Morgan fingerprint density at radius 2 is 2.36 bits per heavy atom. The molecule has 0 spiro atoms. The summed E-state index contributed by atoms with van der Waals surface area (Å²) in [4.78, 5) is 7.08. The molecule has 1 fully saturated rings. The Bertz CT molecular complexity index is 329. The molecule has 0 aromatic carbocycles. The molecule has 0 aliphatic heterocycles. The fourth-order valence-electron chi connectivity index (χ4n) is 1.06. The second-order valence-corrected chi connectivity index (χ2v) is 3.89. The van der Waals surface area contributed by atoms with Crippen molar-refractivity contribution in [1.29, 1.82) is 0 Å². The minimum atomic E-state index is 0.658. The van der Waals surface area contributed by atoms with Crippen molar-refractivity contribution in [2.24, 2.45) is 0 Å². The van der Waals surface area contributed by atoms with Crippen LogP contribution in [0.3, 0.4) is 0 Å². The number of aromatic amines is 1. The van der Waals surface area contributed by atoms with E-state index in [-0.39, 0.29) is 0 Å². The van der Waals surface area contributed by atoms with Crippen molar-refractivity contribution in [2.75, 3.05) is 0 Å². The Labute approximate surface area is 78.2 Å². The first kappa shape index (κ1) is 7.43. The van der Waals surface area contributed by atoms with Gasteiger partial charge in [0.1, 0.15) is 4.64 Å². The van der Waals surface area contributed by atoms with Crippen LogP contribution in [0.15, 0.2) is 10.8 Å². The van der Waals surface area contributed by atoms with Crippen molar-refractivity contribution in [3.05, 3.63) is 21.1 Å². The monoisotopic (exact) mass is 230 g/mol. The average Bonchev–Trinajstić information content (AvgIpc) is 2.77. The van der Waals surface area contributed by atoms with Crippen LogP contribution in [0, 0.1) is 4.64 Å². The fourth-order valence-corrected chi connectivity index (χ4v) is 1.77. The quantitative estimate of drug-likeness (QED) is 0.753. The Balaban J connectivity index is 2.54. The summed E-state index contributed by atoms with van der Waals surface area (Å²) >= 11 is 8.43. The van der Waals surface area contributed by atoms with Gasteiger partial charge in [0, 0.05) is 11.6 Å². The topological polar surface area (TPSA) is 28.7 Å². The third-order valence-corrected chi connectivity index (χ3v) is 3.19. The van der Waals surface area contributed by atoms with E-state index < -0.39 is 0 Å². The van der Waals surface area contributed by atoms with Gasteiger partial charge in [-0.2, -0.15) is 0 Å². The highest BCUT2D eigenvalue weighted by molar-refractivity contribution is 9.10. The van der Waals surface area contributed by atoms with E-state index in [0.717, 1.165) is 4.47 Å². The summed E-state index contributed by atoms with van der Waals surface area (Å²) in [7, 11) is 0. The average molecular weight is 231 g/mol. The maximum Gasteiger partial charge on any atom is 0.143 e. The van der Waals surface area contributed by atoms with Crippen molar-refractivity contribution in [3.8, 4) is 0 Å². The fraction of sp³-hybridized carbons (Fsp3) is 0.429. The number of hydrogen-bond acceptors (Lipinski definition) is 2. The van der Waals surface area contributed by atoms with Gasteiger partial charge in [0.15, 0.2) is 0 Å². The highest BCUT2D eigenvalue weighted by Crippen LogP contribution is 2.41. The largest absolute Gasteiger partial charge is 0.348 e. The van der Waals surface area contributed by atoms with Crippen LogP contribution in [0.25, 0.3) is 0 Å². The van der Waals surface area contributed by atoms with Gasteiger partial charge in [-0.25, -0.2) is 4.98 Å². The van der Waals surface area contributed by atoms with Gasteiger partial charge < -0.3 is 4.98 Å². The SMILES string of the molecule is S=c1nc[nH]c(C2CC2)c1Br. The molecule has 0 amide bonds. The first-order valence-electron chi connectivity index (χ1n) is 3.52. The zero-order valence-corrected chi connectivity index (χ0v) is 8.20. The number of H-pyrrole nitrogens is 1. The van der Waals surface area contributed by atoms with Crippen LogP contribution in [0.2, 0.25) is 0 Å². The molecule has 1 aromatic rings. The molecule has 2 nitrogen and oxygen atoms in total. The lowest BCUT2D eigenvalue weighted by Crippen LogP contribution is -1.90. The lowest BCUT2D eigenvalue weighted by atomic mass is 10.3. The summed E-state index contributed by atoms with van der Waals surface area (Å²) in [5.74, 6) is 0.689. The summed E-state index contributed by atoms with van der Waals surface area (Å²) in [6, 6.07) is 0. The highest BCUT2D eigenvalue weighted by atomic mass is 79.9. The molecule has 1 N–H and O–H groups in total. The number of nitrogens with zero attached hydrogens (tertiary/aromatic N) is 1. The number of halogens is 1. The molecule has 1 aliphatic rings. The number of hydrogen-bond donors (Lipinski definition) is 1. The van der Waals surface area contributed by atoms with Gasteiger partial charge in [-0.3, -0.25) is 0 Å². The predicted octanol–water partition coefficient (Wildman–Crippen LogP) is 2.78. The summed E-state index contributed by atoms with van der Waals surface area (Å²) in [6.07, 6.45) is 4.21. The van der Waals surface area contributed by atoms with Gasteiger partial charge in [0.05, 0.1) is 10.8 Å². The van der Waals surface area contributed by atoms with E-state index in [1.165, 1.54) is 18.5 Å². The molecule has 1 aromatic heterocycles. The van der Waals surface area contributed by atoms with E-state index in [0.29, 0.717) is 10.6 Å². The zero-order chi connectivity index (χ0) is 7.84. The number of rotatable bonds is 1. The summed E-state index contributed by atoms with van der Waals surface area (Å²) < 4.78 is 1.63. The van der Waals surface area contributed by atoms with E-state index in [1.54, 1.807) is 6.33 Å². The number of aromatic nitrogens is 2. The maximum absolute atomic E-state index is 5.01. The van der Waals surface area contributed by atoms with Crippen LogP contribution in [-0.4, -0.2) is 9.97 Å². The second-order valence-electron chi connectivity index (χ2n) is 2.71. The minimum Gasteiger partial charge on any atom is -0.348 e. The molecule has 1 aliphatic carbocycles. The Hall–Kier alpha value is -0.220. The Morgan fingerprint density at radius 3 is 3.00 bits per heavy atom. The molecule has 4 heteroatoms. The molecular weight excluding hydrogens is 224 g/mol. The first-order valence-corrected chi connectivity index (χ1v) is 4.72. The predicted molar refractivity (Wildman–Crippen MR) is 49.1 cm³/mol. The van der Waals surface area contributed by atoms with Crippen molar-refractivity contribution >= 4 is 28.1 Å². The lowest BCUT2D eigenvalue weighted by Gasteiger charge is -1.99. The van der Waals surface area contributed by atoms with E-state index in [4.69, 9.17) is 12.2 Å². The van der Waals surface area contributed by atoms with Crippen LogP contribution >= 0.6 is 28.1 Å². The van der Waals surface area contributed by atoms with Crippen LogP contribution < -0.4 is 0 Å². The molecule has 1 heterocycles. The van der Waals surface area contributed by atoms with Gasteiger partial charge in [0.25, 0.3) is 0 Å². The van der Waals surface area contributed by atoms with E-state index in [1.807, 2.05) is 0 Å². The highest BCUT2D eigenvalue weighted by Gasteiger charge is 2.26. The minimum absolute atomic E-state index is 0.658. The van der Waals surface area contributed by atoms with Gasteiger partial charge in [0.2, 0.25) is 0 Å². The first-order chi connectivity index (χ1) is 5.29.